The van der Waals surface area contributed by atoms with Crippen molar-refractivity contribution >= 4 is 35.2 Å². The lowest BCUT2D eigenvalue weighted by Gasteiger charge is -2.32. The van der Waals surface area contributed by atoms with E-state index in [4.69, 9.17) is 16.3 Å². The standard InChI is InChI=1S/C32H37ClN2O3S/c1-38-28-14-7-11-25(21-28)23-35(31(36)15-8-20-39-29-18-16-26(33)17-19-29)30(22-24-9-3-2-4-10-24)32(37)34-27-12-5-6-13-27/h2-4,7,9-11,14,16-19,21,27,30H,5-6,8,12-13,15,20,22-23H2,1H3,(H,34,37)/t30-/m0/s1. The van der Waals surface area contributed by atoms with E-state index in [0.717, 1.165) is 53.2 Å². The highest BCUT2D eigenvalue weighted by Gasteiger charge is 2.32. The summed E-state index contributed by atoms with van der Waals surface area (Å²) in [7, 11) is 1.63. The fraction of sp³-hybridized carbons (Fsp3) is 0.375. The monoisotopic (exact) mass is 564 g/mol. The van der Waals surface area contributed by atoms with Crippen LogP contribution in [-0.2, 0) is 22.6 Å². The zero-order valence-electron chi connectivity index (χ0n) is 22.5. The molecule has 5 nitrogen and oxygen atoms in total. The topological polar surface area (TPSA) is 58.6 Å². The first-order valence-corrected chi connectivity index (χ1v) is 15.0. The van der Waals surface area contributed by atoms with Gasteiger partial charge in [0.1, 0.15) is 11.8 Å². The Bertz CT molecular complexity index is 1200. The smallest absolute Gasteiger partial charge is 0.243 e. The SMILES string of the molecule is COc1cccc(CN(C(=O)CCCSc2ccc(Cl)cc2)[C@@H](Cc2ccccc2)C(=O)NC2CCCC2)c1. The first-order valence-electron chi connectivity index (χ1n) is 13.7. The van der Waals surface area contributed by atoms with E-state index in [0.29, 0.717) is 30.8 Å². The molecule has 1 atom stereocenters. The molecule has 206 valence electrons. The van der Waals surface area contributed by atoms with E-state index in [1.807, 2.05) is 78.9 Å². The lowest BCUT2D eigenvalue weighted by Crippen LogP contribution is -2.52. The van der Waals surface area contributed by atoms with Crippen LogP contribution < -0.4 is 10.1 Å². The molecule has 0 radical (unpaired) electrons. The highest BCUT2D eigenvalue weighted by Crippen LogP contribution is 2.24. The van der Waals surface area contributed by atoms with Gasteiger partial charge in [-0.1, -0.05) is 66.9 Å². The summed E-state index contributed by atoms with van der Waals surface area (Å²) in [4.78, 5) is 30.5. The number of nitrogens with zero attached hydrogens (tertiary/aromatic N) is 1. The van der Waals surface area contributed by atoms with Crippen molar-refractivity contribution in [1.82, 2.24) is 10.2 Å². The summed E-state index contributed by atoms with van der Waals surface area (Å²) in [5, 5.41) is 3.97. The maximum absolute atomic E-state index is 13.8. The van der Waals surface area contributed by atoms with Crippen LogP contribution >= 0.6 is 23.4 Å². The molecule has 0 saturated heterocycles. The number of hydrogen-bond acceptors (Lipinski definition) is 4. The van der Waals surface area contributed by atoms with E-state index < -0.39 is 6.04 Å². The Labute approximate surface area is 241 Å². The molecule has 0 heterocycles. The van der Waals surface area contributed by atoms with Gasteiger partial charge in [-0.15, -0.1) is 11.8 Å². The first kappa shape index (κ1) is 29.0. The molecule has 1 aliphatic carbocycles. The summed E-state index contributed by atoms with van der Waals surface area (Å²) in [6, 6.07) is 25.0. The number of carbonyl (C=O) groups is 2. The molecule has 0 spiro atoms. The molecule has 4 rings (SSSR count). The Morgan fingerprint density at radius 2 is 1.72 bits per heavy atom. The third-order valence-corrected chi connectivity index (χ3v) is 8.43. The maximum Gasteiger partial charge on any atom is 0.243 e. The van der Waals surface area contributed by atoms with Crippen molar-refractivity contribution in [3.05, 3.63) is 95.0 Å². The second kappa shape index (κ2) is 15.0. The number of benzene rings is 3. The molecule has 0 unspecified atom stereocenters. The number of carbonyl (C=O) groups excluding carboxylic acids is 2. The highest BCUT2D eigenvalue weighted by atomic mass is 35.5. The van der Waals surface area contributed by atoms with Gasteiger partial charge in [-0.2, -0.15) is 0 Å². The van der Waals surface area contributed by atoms with Crippen molar-refractivity contribution in [1.29, 1.82) is 0 Å². The number of halogens is 1. The van der Waals surface area contributed by atoms with Crippen molar-refractivity contribution in [2.24, 2.45) is 0 Å². The number of ether oxygens (including phenoxy) is 1. The largest absolute Gasteiger partial charge is 0.497 e. The van der Waals surface area contributed by atoms with Gasteiger partial charge in [0.25, 0.3) is 0 Å². The second-order valence-electron chi connectivity index (χ2n) is 9.97. The van der Waals surface area contributed by atoms with Crippen LogP contribution in [0.1, 0.15) is 49.7 Å². The van der Waals surface area contributed by atoms with E-state index in [-0.39, 0.29) is 17.9 Å². The minimum Gasteiger partial charge on any atom is -0.497 e. The average Bonchev–Trinajstić information content (AvgIpc) is 3.47. The lowest BCUT2D eigenvalue weighted by atomic mass is 10.0. The van der Waals surface area contributed by atoms with Crippen molar-refractivity contribution < 1.29 is 14.3 Å². The number of methoxy groups -OCH3 is 1. The third kappa shape index (κ3) is 9.04. The van der Waals surface area contributed by atoms with E-state index >= 15 is 0 Å². The van der Waals surface area contributed by atoms with E-state index in [9.17, 15) is 9.59 Å². The molecular formula is C32H37ClN2O3S. The van der Waals surface area contributed by atoms with Crippen LogP contribution in [0.3, 0.4) is 0 Å². The van der Waals surface area contributed by atoms with Crippen LogP contribution in [0.4, 0.5) is 0 Å². The Hall–Kier alpha value is -2.96. The predicted octanol–water partition coefficient (Wildman–Crippen LogP) is 6.92. The molecule has 7 heteroatoms. The molecule has 1 N–H and O–H groups in total. The molecular weight excluding hydrogens is 528 g/mol. The highest BCUT2D eigenvalue weighted by molar-refractivity contribution is 7.99. The van der Waals surface area contributed by atoms with Crippen LogP contribution in [0.2, 0.25) is 5.02 Å². The number of thioether (sulfide) groups is 1. The summed E-state index contributed by atoms with van der Waals surface area (Å²) in [6.45, 7) is 0.343. The number of nitrogens with one attached hydrogen (secondary N) is 1. The molecule has 39 heavy (non-hydrogen) atoms. The zero-order chi connectivity index (χ0) is 27.5. The molecule has 2 amide bonds. The normalized spacial score (nSPS) is 14.1. The lowest BCUT2D eigenvalue weighted by molar-refractivity contribution is -0.141. The zero-order valence-corrected chi connectivity index (χ0v) is 24.1. The molecule has 1 saturated carbocycles. The maximum atomic E-state index is 13.8. The Kier molecular flexibility index (Phi) is 11.2. The fourth-order valence-electron chi connectivity index (χ4n) is 4.98. The Morgan fingerprint density at radius 1 is 1.00 bits per heavy atom. The summed E-state index contributed by atoms with van der Waals surface area (Å²) in [5.74, 6) is 1.45. The summed E-state index contributed by atoms with van der Waals surface area (Å²) >= 11 is 7.71. The molecule has 1 fully saturated rings. The molecule has 0 aliphatic heterocycles. The van der Waals surface area contributed by atoms with E-state index in [1.165, 1.54) is 0 Å². The first-order chi connectivity index (χ1) is 19.0. The number of rotatable bonds is 13. The fourth-order valence-corrected chi connectivity index (χ4v) is 5.96. The van der Waals surface area contributed by atoms with Crippen LogP contribution in [0.25, 0.3) is 0 Å². The summed E-state index contributed by atoms with van der Waals surface area (Å²) in [5.41, 5.74) is 1.97. The quantitative estimate of drug-likeness (QED) is 0.181. The van der Waals surface area contributed by atoms with Gasteiger partial charge in [-0.3, -0.25) is 9.59 Å². The molecule has 0 bridgehead atoms. The van der Waals surface area contributed by atoms with Gasteiger partial charge in [0.05, 0.1) is 7.11 Å². The number of amides is 2. The summed E-state index contributed by atoms with van der Waals surface area (Å²) in [6.07, 6.45) is 5.80. The predicted molar refractivity (Wildman–Crippen MR) is 159 cm³/mol. The molecule has 1 aliphatic rings. The van der Waals surface area contributed by atoms with Crippen LogP contribution in [0.5, 0.6) is 5.75 Å². The van der Waals surface area contributed by atoms with Gasteiger partial charge in [-0.25, -0.2) is 0 Å². The van der Waals surface area contributed by atoms with Crippen molar-refractivity contribution in [3.8, 4) is 5.75 Å². The number of hydrogen-bond donors (Lipinski definition) is 1. The minimum atomic E-state index is -0.601. The van der Waals surface area contributed by atoms with Crippen molar-refractivity contribution in [2.75, 3.05) is 12.9 Å². The third-order valence-electron chi connectivity index (χ3n) is 7.08. The van der Waals surface area contributed by atoms with Gasteiger partial charge < -0.3 is 15.0 Å². The van der Waals surface area contributed by atoms with Gasteiger partial charge in [0.15, 0.2) is 0 Å². The van der Waals surface area contributed by atoms with E-state index in [2.05, 4.69) is 5.32 Å². The second-order valence-corrected chi connectivity index (χ2v) is 11.6. The summed E-state index contributed by atoms with van der Waals surface area (Å²) < 4.78 is 5.42. The van der Waals surface area contributed by atoms with Crippen molar-refractivity contribution in [3.63, 3.8) is 0 Å². The molecule has 3 aromatic rings. The Balaban J connectivity index is 1.52. The van der Waals surface area contributed by atoms with Gasteiger partial charge in [-0.05, 0) is 72.5 Å². The molecule has 0 aromatic heterocycles. The van der Waals surface area contributed by atoms with Gasteiger partial charge in [0.2, 0.25) is 11.8 Å². The van der Waals surface area contributed by atoms with Crippen LogP contribution in [0, 0.1) is 0 Å². The van der Waals surface area contributed by atoms with Gasteiger partial charge in [0, 0.05) is 35.3 Å². The molecule has 3 aromatic carbocycles. The van der Waals surface area contributed by atoms with E-state index in [1.54, 1.807) is 23.8 Å². The average molecular weight is 565 g/mol. The van der Waals surface area contributed by atoms with Crippen molar-refractivity contribution in [2.45, 2.75) is 68.5 Å². The van der Waals surface area contributed by atoms with Gasteiger partial charge >= 0.3 is 0 Å². The van der Waals surface area contributed by atoms with Crippen LogP contribution in [-0.4, -0.2) is 41.7 Å². The Morgan fingerprint density at radius 3 is 2.44 bits per heavy atom. The van der Waals surface area contributed by atoms with Crippen LogP contribution in [0.15, 0.2) is 83.8 Å². The minimum absolute atomic E-state index is 0.0166.